The Hall–Kier alpha value is -1.35. The Bertz CT molecular complexity index is 389. The highest BCUT2D eigenvalue weighted by atomic mass is 16.1. The lowest BCUT2D eigenvalue weighted by Crippen LogP contribution is -2.39. The summed E-state index contributed by atoms with van der Waals surface area (Å²) in [5.74, 6) is 0.540. The van der Waals surface area contributed by atoms with E-state index in [1.54, 1.807) is 0 Å². The van der Waals surface area contributed by atoms with E-state index in [4.69, 9.17) is 0 Å². The lowest BCUT2D eigenvalue weighted by atomic mass is 10.1. The monoisotopic (exact) mass is 218 g/mol. The zero-order valence-corrected chi connectivity index (χ0v) is 9.79. The molecular formula is C13H18N2O. The van der Waals surface area contributed by atoms with Gasteiger partial charge in [-0.3, -0.25) is 4.79 Å². The first-order valence-corrected chi connectivity index (χ1v) is 5.75. The van der Waals surface area contributed by atoms with Gasteiger partial charge in [0.15, 0.2) is 0 Å². The molecule has 86 valence electrons. The van der Waals surface area contributed by atoms with Gasteiger partial charge in [-0.2, -0.15) is 0 Å². The minimum atomic E-state index is 0.0317. The molecule has 0 aliphatic carbocycles. The Morgan fingerprint density at radius 2 is 2.25 bits per heavy atom. The van der Waals surface area contributed by atoms with Crippen molar-refractivity contribution in [1.29, 1.82) is 0 Å². The molecule has 2 atom stereocenters. The highest BCUT2D eigenvalue weighted by molar-refractivity contribution is 5.94. The Morgan fingerprint density at radius 3 is 2.88 bits per heavy atom. The number of hydrogen-bond donors (Lipinski definition) is 2. The first kappa shape index (κ1) is 11.1. The third-order valence-electron chi connectivity index (χ3n) is 3.11. The average Bonchev–Trinajstić information content (AvgIpc) is 2.64. The average molecular weight is 218 g/mol. The van der Waals surface area contributed by atoms with Gasteiger partial charge in [-0.15, -0.1) is 0 Å². The fraction of sp³-hybridized carbons (Fsp3) is 0.462. The summed E-state index contributed by atoms with van der Waals surface area (Å²) in [5.41, 5.74) is 1.87. The highest BCUT2D eigenvalue weighted by Crippen LogP contribution is 2.09. The second kappa shape index (κ2) is 4.66. The van der Waals surface area contributed by atoms with E-state index in [9.17, 15) is 4.79 Å². The highest BCUT2D eigenvalue weighted by Gasteiger charge is 2.24. The third kappa shape index (κ3) is 2.42. The van der Waals surface area contributed by atoms with Crippen LogP contribution < -0.4 is 10.6 Å². The fourth-order valence-corrected chi connectivity index (χ4v) is 2.04. The molecule has 1 aromatic rings. The summed E-state index contributed by atoms with van der Waals surface area (Å²) in [6, 6.07) is 7.95. The maximum absolute atomic E-state index is 12.0. The van der Waals surface area contributed by atoms with Crippen molar-refractivity contribution in [2.45, 2.75) is 19.9 Å². The predicted molar refractivity (Wildman–Crippen MR) is 64.5 cm³/mol. The zero-order chi connectivity index (χ0) is 11.5. The quantitative estimate of drug-likeness (QED) is 0.786. The van der Waals surface area contributed by atoms with E-state index in [1.807, 2.05) is 31.2 Å². The lowest BCUT2D eigenvalue weighted by molar-refractivity contribution is 0.0933. The largest absolute Gasteiger partial charge is 0.348 e. The number of amides is 1. The van der Waals surface area contributed by atoms with Crippen molar-refractivity contribution in [2.75, 3.05) is 13.1 Å². The minimum Gasteiger partial charge on any atom is -0.348 e. The first-order chi connectivity index (χ1) is 7.66. The van der Waals surface area contributed by atoms with Crippen LogP contribution in [0, 0.1) is 12.8 Å². The van der Waals surface area contributed by atoms with Crippen molar-refractivity contribution < 1.29 is 4.79 Å². The summed E-state index contributed by atoms with van der Waals surface area (Å²) >= 11 is 0. The van der Waals surface area contributed by atoms with Gasteiger partial charge in [0.1, 0.15) is 0 Å². The van der Waals surface area contributed by atoms with Crippen LogP contribution in [0.25, 0.3) is 0 Å². The molecule has 1 fully saturated rings. The van der Waals surface area contributed by atoms with Gasteiger partial charge in [0, 0.05) is 18.2 Å². The maximum atomic E-state index is 12.0. The summed E-state index contributed by atoms with van der Waals surface area (Å²) in [5, 5.41) is 6.35. The van der Waals surface area contributed by atoms with E-state index in [2.05, 4.69) is 17.6 Å². The number of hydrogen-bond acceptors (Lipinski definition) is 2. The van der Waals surface area contributed by atoms with E-state index in [1.165, 1.54) is 0 Å². The topological polar surface area (TPSA) is 41.1 Å². The van der Waals surface area contributed by atoms with Gasteiger partial charge in [-0.1, -0.05) is 24.6 Å². The molecule has 3 heteroatoms. The molecule has 0 saturated carbocycles. The van der Waals surface area contributed by atoms with Crippen LogP contribution in [-0.4, -0.2) is 25.0 Å². The van der Waals surface area contributed by atoms with Crippen molar-refractivity contribution in [3.63, 3.8) is 0 Å². The van der Waals surface area contributed by atoms with Gasteiger partial charge in [-0.25, -0.2) is 0 Å². The molecule has 1 amide bonds. The molecule has 1 aromatic carbocycles. The standard InChI is InChI=1S/C13H18N2O/c1-9-4-3-5-11(6-9)13(16)15-12-8-14-7-10(12)2/h3-6,10,12,14H,7-8H2,1-2H3,(H,15,16). The smallest absolute Gasteiger partial charge is 0.251 e. The van der Waals surface area contributed by atoms with Crippen LogP contribution in [0.2, 0.25) is 0 Å². The van der Waals surface area contributed by atoms with E-state index >= 15 is 0 Å². The Balaban J connectivity index is 2.03. The summed E-state index contributed by atoms with van der Waals surface area (Å²) in [7, 11) is 0. The van der Waals surface area contributed by atoms with E-state index in [-0.39, 0.29) is 11.9 Å². The van der Waals surface area contributed by atoms with Gasteiger partial charge in [0.05, 0.1) is 0 Å². The number of rotatable bonds is 2. The molecule has 2 N–H and O–H groups in total. The lowest BCUT2D eigenvalue weighted by Gasteiger charge is -2.16. The van der Waals surface area contributed by atoms with Crippen molar-refractivity contribution in [2.24, 2.45) is 5.92 Å². The summed E-state index contributed by atoms with van der Waals surface area (Å²) in [6.45, 7) is 6.01. The zero-order valence-electron chi connectivity index (χ0n) is 9.79. The minimum absolute atomic E-state index is 0.0317. The molecule has 1 heterocycles. The van der Waals surface area contributed by atoms with Crippen LogP contribution in [0.15, 0.2) is 24.3 Å². The second-order valence-electron chi connectivity index (χ2n) is 4.58. The molecule has 1 saturated heterocycles. The first-order valence-electron chi connectivity index (χ1n) is 5.75. The number of carbonyl (C=O) groups excluding carboxylic acids is 1. The van der Waals surface area contributed by atoms with Crippen LogP contribution in [0.4, 0.5) is 0 Å². The predicted octanol–water partition coefficient (Wildman–Crippen LogP) is 1.33. The molecule has 0 aromatic heterocycles. The van der Waals surface area contributed by atoms with Crippen molar-refractivity contribution in [1.82, 2.24) is 10.6 Å². The van der Waals surface area contributed by atoms with Crippen LogP contribution in [0.1, 0.15) is 22.8 Å². The molecule has 1 aliphatic rings. The third-order valence-corrected chi connectivity index (χ3v) is 3.11. The molecular weight excluding hydrogens is 200 g/mol. The molecule has 1 aliphatic heterocycles. The molecule has 0 radical (unpaired) electrons. The molecule has 2 rings (SSSR count). The molecule has 3 nitrogen and oxygen atoms in total. The summed E-state index contributed by atoms with van der Waals surface area (Å²) < 4.78 is 0. The Kier molecular flexibility index (Phi) is 3.25. The maximum Gasteiger partial charge on any atom is 0.251 e. The molecule has 0 bridgehead atoms. The van der Waals surface area contributed by atoms with E-state index in [0.717, 1.165) is 24.2 Å². The SMILES string of the molecule is Cc1cccc(C(=O)NC2CNCC2C)c1. The van der Waals surface area contributed by atoms with Crippen LogP contribution in [0.3, 0.4) is 0 Å². The van der Waals surface area contributed by atoms with Crippen LogP contribution in [-0.2, 0) is 0 Å². The number of benzene rings is 1. The van der Waals surface area contributed by atoms with E-state index in [0.29, 0.717) is 5.92 Å². The number of carbonyl (C=O) groups is 1. The van der Waals surface area contributed by atoms with Gasteiger partial charge < -0.3 is 10.6 Å². The molecule has 0 spiro atoms. The fourth-order valence-electron chi connectivity index (χ4n) is 2.04. The Labute approximate surface area is 96.2 Å². The molecule has 2 unspecified atom stereocenters. The van der Waals surface area contributed by atoms with Gasteiger partial charge >= 0.3 is 0 Å². The van der Waals surface area contributed by atoms with Crippen molar-refractivity contribution >= 4 is 5.91 Å². The van der Waals surface area contributed by atoms with E-state index < -0.39 is 0 Å². The molecule has 16 heavy (non-hydrogen) atoms. The summed E-state index contributed by atoms with van der Waals surface area (Å²) in [4.78, 5) is 12.0. The van der Waals surface area contributed by atoms with Gasteiger partial charge in [0.2, 0.25) is 0 Å². The van der Waals surface area contributed by atoms with Gasteiger partial charge in [-0.05, 0) is 31.5 Å². The number of aryl methyl sites for hydroxylation is 1. The van der Waals surface area contributed by atoms with Crippen LogP contribution in [0.5, 0.6) is 0 Å². The Morgan fingerprint density at radius 1 is 1.44 bits per heavy atom. The summed E-state index contributed by atoms with van der Waals surface area (Å²) in [6.07, 6.45) is 0. The second-order valence-corrected chi connectivity index (χ2v) is 4.58. The number of nitrogens with one attached hydrogen (secondary N) is 2. The normalized spacial score (nSPS) is 24.4. The van der Waals surface area contributed by atoms with Crippen molar-refractivity contribution in [3.8, 4) is 0 Å². The van der Waals surface area contributed by atoms with Crippen molar-refractivity contribution in [3.05, 3.63) is 35.4 Å². The van der Waals surface area contributed by atoms with Crippen LogP contribution >= 0.6 is 0 Å². The van der Waals surface area contributed by atoms with Gasteiger partial charge in [0.25, 0.3) is 5.91 Å².